The van der Waals surface area contributed by atoms with Crippen LogP contribution >= 0.6 is 22.9 Å². The maximum atomic E-state index is 12.4. The topological polar surface area (TPSA) is 45.8 Å². The smallest absolute Gasteiger partial charge is 0.260 e. The number of nitrogens with one attached hydrogen (secondary N) is 1. The molecule has 3 nitrogen and oxygen atoms in total. The van der Waals surface area contributed by atoms with Crippen molar-refractivity contribution in [3.05, 3.63) is 51.4 Å². The van der Waals surface area contributed by atoms with Crippen LogP contribution in [0.15, 0.2) is 34.4 Å². The van der Waals surface area contributed by atoms with Crippen molar-refractivity contribution in [1.82, 2.24) is 9.97 Å². The molecular formula is C17H17ClN2OS. The number of aromatic nitrogens is 2. The van der Waals surface area contributed by atoms with Crippen LogP contribution in [0.25, 0.3) is 21.3 Å². The van der Waals surface area contributed by atoms with E-state index in [4.69, 9.17) is 11.6 Å². The summed E-state index contributed by atoms with van der Waals surface area (Å²) >= 11 is 7.22. The van der Waals surface area contributed by atoms with Crippen molar-refractivity contribution < 1.29 is 0 Å². The molecule has 5 heteroatoms. The molecule has 0 aliphatic heterocycles. The zero-order chi connectivity index (χ0) is 15.5. The zero-order valence-corrected chi connectivity index (χ0v) is 13.9. The lowest BCUT2D eigenvalue weighted by Gasteiger charge is -2.03. The summed E-state index contributed by atoms with van der Waals surface area (Å²) in [5.41, 5.74) is 3.24. The summed E-state index contributed by atoms with van der Waals surface area (Å²) in [5.74, 6) is 1.29. The van der Waals surface area contributed by atoms with Gasteiger partial charge in [-0.05, 0) is 24.0 Å². The van der Waals surface area contributed by atoms with E-state index >= 15 is 0 Å². The summed E-state index contributed by atoms with van der Waals surface area (Å²) in [6, 6.07) is 8.35. The minimum Gasteiger partial charge on any atom is -0.310 e. The first-order chi connectivity index (χ1) is 10.7. The van der Waals surface area contributed by atoms with Crippen molar-refractivity contribution in [2.45, 2.75) is 26.2 Å². The molecule has 1 N–H and O–H groups in total. The lowest BCUT2D eigenvalue weighted by atomic mass is 10.0. The van der Waals surface area contributed by atoms with Crippen LogP contribution in [-0.4, -0.2) is 15.8 Å². The van der Waals surface area contributed by atoms with E-state index in [1.54, 1.807) is 0 Å². The molecule has 0 aliphatic carbocycles. The fraction of sp³-hybridized carbons (Fsp3) is 0.294. The second kappa shape index (κ2) is 6.63. The molecule has 0 bridgehead atoms. The fourth-order valence-corrected chi connectivity index (χ4v) is 3.58. The quantitative estimate of drug-likeness (QED) is 0.704. The van der Waals surface area contributed by atoms with Gasteiger partial charge in [0.2, 0.25) is 0 Å². The van der Waals surface area contributed by atoms with Gasteiger partial charge in [0.15, 0.2) is 0 Å². The van der Waals surface area contributed by atoms with Crippen molar-refractivity contribution in [2.24, 2.45) is 0 Å². The monoisotopic (exact) mass is 332 g/mol. The summed E-state index contributed by atoms with van der Waals surface area (Å²) in [4.78, 5) is 20.7. The Balaban J connectivity index is 2.06. The van der Waals surface area contributed by atoms with E-state index in [1.807, 2.05) is 5.38 Å². The third kappa shape index (κ3) is 2.94. The molecule has 0 spiro atoms. The molecule has 0 saturated carbocycles. The molecule has 0 amide bonds. The van der Waals surface area contributed by atoms with Gasteiger partial charge >= 0.3 is 0 Å². The number of nitrogens with zero attached hydrogens (tertiary/aromatic N) is 1. The summed E-state index contributed by atoms with van der Waals surface area (Å²) < 4.78 is 0. The van der Waals surface area contributed by atoms with Gasteiger partial charge in [-0.2, -0.15) is 0 Å². The number of alkyl halides is 1. The lowest BCUT2D eigenvalue weighted by molar-refractivity contribution is 0.843. The van der Waals surface area contributed by atoms with Crippen LogP contribution in [-0.2, 0) is 12.8 Å². The number of fused-ring (bicyclic) bond motifs is 1. The Bertz CT molecular complexity index is 836. The Morgan fingerprint density at radius 2 is 2.05 bits per heavy atom. The number of hydrogen-bond donors (Lipinski definition) is 1. The standard InChI is InChI=1S/C17H17ClN2OS/c1-2-11-5-7-12(8-6-11)13-10-22-17-15(13)16(21)19-14(20-17)4-3-9-18/h5-8,10H,2-4,9H2,1H3,(H,19,20,21). The Morgan fingerprint density at radius 1 is 1.27 bits per heavy atom. The molecule has 22 heavy (non-hydrogen) atoms. The average molecular weight is 333 g/mol. The number of H-pyrrole nitrogens is 1. The Kier molecular flexibility index (Phi) is 4.60. The van der Waals surface area contributed by atoms with Gasteiger partial charge in [0, 0.05) is 23.2 Å². The van der Waals surface area contributed by atoms with Gasteiger partial charge in [-0.15, -0.1) is 22.9 Å². The summed E-state index contributed by atoms with van der Waals surface area (Å²) in [7, 11) is 0. The lowest BCUT2D eigenvalue weighted by Crippen LogP contribution is -2.11. The molecule has 3 rings (SSSR count). The Labute approximate surface area is 138 Å². The van der Waals surface area contributed by atoms with E-state index in [0.29, 0.717) is 23.5 Å². The predicted octanol–water partition coefficient (Wildman–Crippen LogP) is 4.39. The van der Waals surface area contributed by atoms with Crippen LogP contribution in [0.3, 0.4) is 0 Å². The van der Waals surface area contributed by atoms with Crippen LogP contribution in [0.1, 0.15) is 24.7 Å². The highest BCUT2D eigenvalue weighted by molar-refractivity contribution is 7.17. The average Bonchev–Trinajstić information content (AvgIpc) is 2.97. The molecule has 114 valence electrons. The fourth-order valence-electron chi connectivity index (χ4n) is 2.48. The van der Waals surface area contributed by atoms with Crippen molar-refractivity contribution in [2.75, 3.05) is 5.88 Å². The van der Waals surface area contributed by atoms with Crippen LogP contribution < -0.4 is 5.56 Å². The van der Waals surface area contributed by atoms with Crippen molar-refractivity contribution >= 4 is 33.2 Å². The first kappa shape index (κ1) is 15.3. The molecular weight excluding hydrogens is 316 g/mol. The molecule has 0 radical (unpaired) electrons. The van der Waals surface area contributed by atoms with E-state index in [2.05, 4.69) is 41.2 Å². The summed E-state index contributed by atoms with van der Waals surface area (Å²) in [5, 5.41) is 2.70. The second-order valence-corrected chi connectivity index (χ2v) is 6.42. The van der Waals surface area contributed by atoms with Crippen molar-refractivity contribution in [3.8, 4) is 11.1 Å². The molecule has 0 saturated heterocycles. The highest BCUT2D eigenvalue weighted by Crippen LogP contribution is 2.30. The van der Waals surface area contributed by atoms with E-state index in [0.717, 1.165) is 28.8 Å². The maximum absolute atomic E-state index is 12.4. The Morgan fingerprint density at radius 3 is 2.73 bits per heavy atom. The largest absolute Gasteiger partial charge is 0.310 e. The predicted molar refractivity (Wildman–Crippen MR) is 94.1 cm³/mol. The molecule has 0 fully saturated rings. The minimum absolute atomic E-state index is 0.0645. The zero-order valence-electron chi connectivity index (χ0n) is 12.4. The molecule has 0 unspecified atom stereocenters. The van der Waals surface area contributed by atoms with Gasteiger partial charge in [0.1, 0.15) is 10.7 Å². The highest BCUT2D eigenvalue weighted by atomic mass is 35.5. The number of halogens is 1. The second-order valence-electron chi connectivity index (χ2n) is 5.19. The van der Waals surface area contributed by atoms with Crippen LogP contribution in [0.2, 0.25) is 0 Å². The van der Waals surface area contributed by atoms with Gasteiger partial charge < -0.3 is 4.98 Å². The number of thiophene rings is 1. The van der Waals surface area contributed by atoms with Gasteiger partial charge in [0.05, 0.1) is 5.39 Å². The third-order valence-electron chi connectivity index (χ3n) is 3.71. The number of aromatic amines is 1. The van der Waals surface area contributed by atoms with E-state index < -0.39 is 0 Å². The van der Waals surface area contributed by atoms with Crippen molar-refractivity contribution in [3.63, 3.8) is 0 Å². The van der Waals surface area contributed by atoms with Crippen LogP contribution in [0.5, 0.6) is 0 Å². The first-order valence-electron chi connectivity index (χ1n) is 7.38. The third-order valence-corrected chi connectivity index (χ3v) is 4.85. The van der Waals surface area contributed by atoms with Gasteiger partial charge in [-0.1, -0.05) is 31.2 Å². The highest BCUT2D eigenvalue weighted by Gasteiger charge is 2.12. The number of hydrogen-bond acceptors (Lipinski definition) is 3. The summed E-state index contributed by atoms with van der Waals surface area (Å²) in [6.07, 6.45) is 2.52. The van der Waals surface area contributed by atoms with Gasteiger partial charge in [0.25, 0.3) is 5.56 Å². The van der Waals surface area contributed by atoms with Gasteiger partial charge in [-0.25, -0.2) is 4.98 Å². The molecule has 1 aromatic carbocycles. The van der Waals surface area contributed by atoms with E-state index in [9.17, 15) is 4.79 Å². The maximum Gasteiger partial charge on any atom is 0.260 e. The van der Waals surface area contributed by atoms with Crippen LogP contribution in [0.4, 0.5) is 0 Å². The van der Waals surface area contributed by atoms with E-state index in [1.165, 1.54) is 16.9 Å². The first-order valence-corrected chi connectivity index (χ1v) is 8.80. The van der Waals surface area contributed by atoms with E-state index in [-0.39, 0.29) is 5.56 Å². The number of rotatable bonds is 5. The van der Waals surface area contributed by atoms with Crippen LogP contribution in [0, 0.1) is 0 Å². The van der Waals surface area contributed by atoms with Crippen molar-refractivity contribution in [1.29, 1.82) is 0 Å². The number of benzene rings is 1. The molecule has 3 aromatic rings. The van der Waals surface area contributed by atoms with Gasteiger partial charge in [-0.3, -0.25) is 4.79 Å². The Hall–Kier alpha value is -1.65. The molecule has 2 heterocycles. The SMILES string of the molecule is CCc1ccc(-c2csc3nc(CCCCl)[nH]c(=O)c23)cc1. The normalized spacial score (nSPS) is 11.2. The molecule has 2 aromatic heterocycles. The number of aryl methyl sites for hydroxylation is 2. The summed E-state index contributed by atoms with van der Waals surface area (Å²) in [6.45, 7) is 2.13. The molecule has 0 atom stereocenters. The minimum atomic E-state index is -0.0645. The molecule has 0 aliphatic rings.